The molecule has 6 nitrogen and oxygen atoms in total. The van der Waals surface area contributed by atoms with Crippen molar-refractivity contribution in [2.75, 3.05) is 11.9 Å². The number of nitrogens with one attached hydrogen (secondary N) is 1. The zero-order valence-electron chi connectivity index (χ0n) is 14.7. The number of hydrogen-bond acceptors (Lipinski definition) is 4. The molecule has 1 aliphatic carbocycles. The van der Waals surface area contributed by atoms with E-state index in [1.807, 2.05) is 0 Å². The highest BCUT2D eigenvalue weighted by atomic mass is 32.2. The Morgan fingerprint density at radius 3 is 2.50 bits per heavy atom. The van der Waals surface area contributed by atoms with Gasteiger partial charge in [-0.1, -0.05) is 38.3 Å². The van der Waals surface area contributed by atoms with Crippen LogP contribution in [0.4, 0.5) is 15.3 Å². The van der Waals surface area contributed by atoms with E-state index in [1.54, 1.807) is 30.3 Å². The van der Waals surface area contributed by atoms with Crippen LogP contribution >= 0.6 is 11.8 Å². The summed E-state index contributed by atoms with van der Waals surface area (Å²) in [6, 6.07) is 6.66. The van der Waals surface area contributed by atoms with E-state index in [9.17, 15) is 14.4 Å². The lowest BCUT2D eigenvalue weighted by Crippen LogP contribution is -2.39. The first-order chi connectivity index (χ1) is 12.4. The van der Waals surface area contributed by atoms with Crippen LogP contribution < -0.4 is 5.32 Å². The van der Waals surface area contributed by atoms with Crippen LogP contribution in [-0.2, 0) is 4.79 Å². The first-order valence-electron chi connectivity index (χ1n) is 8.72. The Morgan fingerprint density at radius 1 is 1.23 bits per heavy atom. The van der Waals surface area contributed by atoms with Gasteiger partial charge in [0.05, 0.1) is 4.91 Å². The standard InChI is InChI=1S/C19H22N2O4S/c1-19(9-3-2-4-10-19)12-21-16(22)15(26-18(21)25)11-13-5-7-14(8-6-13)20-17(23)24/h5-8,11,20H,2-4,9-10,12H2,1H3,(H,23,24). The van der Waals surface area contributed by atoms with Crippen LogP contribution in [0, 0.1) is 5.41 Å². The van der Waals surface area contributed by atoms with Crippen LogP contribution in [0.25, 0.3) is 6.08 Å². The summed E-state index contributed by atoms with van der Waals surface area (Å²) in [4.78, 5) is 37.4. The Bertz CT molecular complexity index is 751. The van der Waals surface area contributed by atoms with Crippen LogP contribution in [0.3, 0.4) is 0 Å². The van der Waals surface area contributed by atoms with Gasteiger partial charge in [-0.2, -0.15) is 0 Å². The van der Waals surface area contributed by atoms with E-state index >= 15 is 0 Å². The summed E-state index contributed by atoms with van der Waals surface area (Å²) in [6.45, 7) is 2.64. The number of carbonyl (C=O) groups is 3. The molecule has 0 bridgehead atoms. The van der Waals surface area contributed by atoms with Crippen LogP contribution in [0.5, 0.6) is 0 Å². The molecule has 2 fully saturated rings. The summed E-state index contributed by atoms with van der Waals surface area (Å²) in [6.07, 6.45) is 6.17. The predicted octanol–water partition coefficient (Wildman–Crippen LogP) is 4.78. The molecule has 1 aliphatic heterocycles. The maximum atomic E-state index is 12.7. The highest BCUT2D eigenvalue weighted by Gasteiger charge is 2.40. The summed E-state index contributed by atoms with van der Waals surface area (Å²) in [5, 5.41) is 10.7. The van der Waals surface area contributed by atoms with Crippen molar-refractivity contribution in [3.63, 3.8) is 0 Å². The minimum absolute atomic E-state index is 0.0176. The molecule has 2 aliphatic rings. The Morgan fingerprint density at radius 2 is 1.88 bits per heavy atom. The fraction of sp³-hybridized carbons (Fsp3) is 0.421. The number of anilines is 1. The zero-order valence-corrected chi connectivity index (χ0v) is 15.5. The second-order valence-electron chi connectivity index (χ2n) is 7.19. The molecular weight excluding hydrogens is 352 g/mol. The Kier molecular flexibility index (Phi) is 5.36. The number of hydrogen-bond donors (Lipinski definition) is 2. The SMILES string of the molecule is CC1(CN2C(=O)SC(=Cc3ccc(NC(=O)O)cc3)C2=O)CCCCC1. The fourth-order valence-corrected chi connectivity index (χ4v) is 4.36. The van der Waals surface area contributed by atoms with Crippen molar-refractivity contribution in [3.8, 4) is 0 Å². The molecule has 1 saturated carbocycles. The summed E-state index contributed by atoms with van der Waals surface area (Å²) in [7, 11) is 0. The molecule has 7 heteroatoms. The van der Waals surface area contributed by atoms with Crippen molar-refractivity contribution in [1.29, 1.82) is 0 Å². The van der Waals surface area contributed by atoms with Gasteiger partial charge in [-0.05, 0) is 53.8 Å². The van der Waals surface area contributed by atoms with Crippen LogP contribution in [0.2, 0.25) is 0 Å². The second-order valence-corrected chi connectivity index (χ2v) is 8.18. The number of imide groups is 1. The molecule has 3 amide bonds. The minimum atomic E-state index is -1.13. The molecule has 1 aromatic rings. The first-order valence-corrected chi connectivity index (χ1v) is 9.53. The lowest BCUT2D eigenvalue weighted by molar-refractivity contribution is -0.124. The number of carboxylic acid groups (broad SMARTS) is 1. The predicted molar refractivity (Wildman–Crippen MR) is 102 cm³/mol. The highest BCUT2D eigenvalue weighted by molar-refractivity contribution is 8.18. The molecule has 0 radical (unpaired) electrons. The molecule has 0 spiro atoms. The van der Waals surface area contributed by atoms with Gasteiger partial charge in [-0.15, -0.1) is 0 Å². The molecule has 0 unspecified atom stereocenters. The lowest BCUT2D eigenvalue weighted by atomic mass is 9.75. The molecule has 2 N–H and O–H groups in total. The number of rotatable bonds is 4. The minimum Gasteiger partial charge on any atom is -0.465 e. The number of carbonyl (C=O) groups excluding carboxylic acids is 2. The van der Waals surface area contributed by atoms with Gasteiger partial charge < -0.3 is 5.11 Å². The van der Waals surface area contributed by atoms with E-state index in [2.05, 4.69) is 12.2 Å². The van der Waals surface area contributed by atoms with Gasteiger partial charge in [-0.3, -0.25) is 19.8 Å². The lowest BCUT2D eigenvalue weighted by Gasteiger charge is -2.35. The van der Waals surface area contributed by atoms with Crippen molar-refractivity contribution < 1.29 is 19.5 Å². The van der Waals surface area contributed by atoms with Gasteiger partial charge in [0.15, 0.2) is 0 Å². The molecule has 0 atom stereocenters. The summed E-state index contributed by atoms with van der Waals surface area (Å²) in [5.41, 5.74) is 1.22. The largest absolute Gasteiger partial charge is 0.465 e. The maximum Gasteiger partial charge on any atom is 0.409 e. The van der Waals surface area contributed by atoms with E-state index in [0.717, 1.165) is 43.0 Å². The Hall–Kier alpha value is -2.28. The number of benzene rings is 1. The van der Waals surface area contributed by atoms with Crippen LogP contribution in [0.1, 0.15) is 44.6 Å². The van der Waals surface area contributed by atoms with Gasteiger partial charge in [0, 0.05) is 12.2 Å². The molecule has 138 valence electrons. The zero-order chi connectivity index (χ0) is 18.7. The van der Waals surface area contributed by atoms with Crippen molar-refractivity contribution in [3.05, 3.63) is 34.7 Å². The van der Waals surface area contributed by atoms with E-state index in [0.29, 0.717) is 17.1 Å². The maximum absolute atomic E-state index is 12.7. The van der Waals surface area contributed by atoms with Gasteiger partial charge in [0.1, 0.15) is 0 Å². The highest BCUT2D eigenvalue weighted by Crippen LogP contribution is 2.40. The fourth-order valence-electron chi connectivity index (χ4n) is 3.52. The third-order valence-electron chi connectivity index (χ3n) is 4.93. The van der Waals surface area contributed by atoms with Crippen molar-refractivity contribution in [2.45, 2.75) is 39.0 Å². The quantitative estimate of drug-likeness (QED) is 0.741. The van der Waals surface area contributed by atoms with E-state index < -0.39 is 6.09 Å². The molecular formula is C19H22N2O4S. The monoisotopic (exact) mass is 374 g/mol. The molecule has 1 saturated heterocycles. The van der Waals surface area contributed by atoms with Gasteiger partial charge >= 0.3 is 6.09 Å². The summed E-state index contributed by atoms with van der Waals surface area (Å²) < 4.78 is 0. The number of amides is 3. The Labute approximate surface area is 156 Å². The average Bonchev–Trinajstić information content (AvgIpc) is 2.84. The summed E-state index contributed by atoms with van der Waals surface area (Å²) in [5.74, 6) is -0.237. The van der Waals surface area contributed by atoms with E-state index in [-0.39, 0.29) is 16.6 Å². The van der Waals surface area contributed by atoms with Crippen LogP contribution in [0.15, 0.2) is 29.2 Å². The van der Waals surface area contributed by atoms with Crippen molar-refractivity contribution >= 4 is 40.8 Å². The summed E-state index contributed by atoms with van der Waals surface area (Å²) >= 11 is 0.968. The third-order valence-corrected chi connectivity index (χ3v) is 5.84. The van der Waals surface area contributed by atoms with Gasteiger partial charge in [0.25, 0.3) is 11.1 Å². The molecule has 1 aromatic carbocycles. The normalized spacial score (nSPS) is 21.3. The number of nitrogens with zero attached hydrogens (tertiary/aromatic N) is 1. The first kappa shape index (κ1) is 18.5. The van der Waals surface area contributed by atoms with E-state index in [1.165, 1.54) is 11.3 Å². The molecule has 26 heavy (non-hydrogen) atoms. The van der Waals surface area contributed by atoms with Crippen molar-refractivity contribution in [1.82, 2.24) is 4.90 Å². The molecule has 0 aromatic heterocycles. The molecule has 3 rings (SSSR count). The van der Waals surface area contributed by atoms with Gasteiger partial charge in [-0.25, -0.2) is 4.79 Å². The molecule has 1 heterocycles. The topological polar surface area (TPSA) is 86.7 Å². The number of thioether (sulfide) groups is 1. The third kappa shape index (κ3) is 4.27. The second kappa shape index (κ2) is 7.53. The smallest absolute Gasteiger partial charge is 0.409 e. The van der Waals surface area contributed by atoms with Crippen molar-refractivity contribution in [2.24, 2.45) is 5.41 Å². The van der Waals surface area contributed by atoms with Gasteiger partial charge in [0.2, 0.25) is 0 Å². The van der Waals surface area contributed by atoms with E-state index in [4.69, 9.17) is 5.11 Å². The van der Waals surface area contributed by atoms with Crippen LogP contribution in [-0.4, -0.2) is 33.8 Å². The Balaban J connectivity index is 1.71. The average molecular weight is 374 g/mol.